The molecule has 0 radical (unpaired) electrons. The van der Waals surface area contributed by atoms with Crippen molar-refractivity contribution in [3.05, 3.63) is 89.7 Å². The molecule has 2 N–H and O–H groups in total. The largest absolute Gasteiger partial charge is 0.452 e. The lowest BCUT2D eigenvalue weighted by Crippen LogP contribution is -2.39. The second-order valence-corrected chi connectivity index (χ2v) is 7.75. The number of rotatable bonds is 5. The molecular formula is C26H23NO3. The number of anilines is 1. The van der Waals surface area contributed by atoms with Crippen LogP contribution in [0.4, 0.5) is 5.69 Å². The number of furan rings is 1. The average molecular weight is 397 g/mol. The summed E-state index contributed by atoms with van der Waals surface area (Å²) in [4.78, 5) is 13.6. The number of aliphatic hydroxyl groups is 1. The molecule has 30 heavy (non-hydrogen) atoms. The average Bonchev–Trinajstić information content (AvgIpc) is 3.17. The van der Waals surface area contributed by atoms with E-state index in [1.807, 2.05) is 60.7 Å². The van der Waals surface area contributed by atoms with Gasteiger partial charge in [0.1, 0.15) is 5.58 Å². The summed E-state index contributed by atoms with van der Waals surface area (Å²) in [7, 11) is 0. The molecule has 0 aliphatic heterocycles. The maximum atomic E-state index is 13.6. The van der Waals surface area contributed by atoms with Gasteiger partial charge >= 0.3 is 0 Å². The number of fused-ring (bicyclic) bond motifs is 5. The summed E-state index contributed by atoms with van der Waals surface area (Å²) < 4.78 is 6.07. The van der Waals surface area contributed by atoms with E-state index in [0.29, 0.717) is 16.7 Å². The highest BCUT2D eigenvalue weighted by molar-refractivity contribution is 6.17. The molecule has 1 aromatic heterocycles. The van der Waals surface area contributed by atoms with Gasteiger partial charge in [0.2, 0.25) is 5.78 Å². The summed E-state index contributed by atoms with van der Waals surface area (Å²) in [5, 5.41) is 16.0. The molecule has 0 amide bonds. The molecule has 3 aromatic carbocycles. The fourth-order valence-corrected chi connectivity index (χ4v) is 4.31. The molecule has 4 heteroatoms. The van der Waals surface area contributed by atoms with Crippen LogP contribution in [0.5, 0.6) is 0 Å². The van der Waals surface area contributed by atoms with E-state index in [1.54, 1.807) is 12.1 Å². The molecule has 0 saturated heterocycles. The number of nitrogens with one attached hydrogen (secondary N) is 1. The van der Waals surface area contributed by atoms with E-state index in [0.717, 1.165) is 41.6 Å². The summed E-state index contributed by atoms with van der Waals surface area (Å²) >= 11 is 0. The highest BCUT2D eigenvalue weighted by Gasteiger charge is 2.48. The van der Waals surface area contributed by atoms with Crippen LogP contribution in [0.2, 0.25) is 0 Å². The van der Waals surface area contributed by atoms with Crippen molar-refractivity contribution < 1.29 is 14.3 Å². The van der Waals surface area contributed by atoms with Gasteiger partial charge in [-0.3, -0.25) is 4.79 Å². The molecular weight excluding hydrogens is 374 g/mol. The molecule has 1 unspecified atom stereocenters. The number of carbonyl (C=O) groups is 1. The number of hydrogen-bond donors (Lipinski definition) is 2. The molecule has 1 atom stereocenters. The molecule has 0 fully saturated rings. The Morgan fingerprint density at radius 3 is 2.57 bits per heavy atom. The topological polar surface area (TPSA) is 62.5 Å². The molecule has 5 rings (SSSR count). The number of ketones is 1. The first-order valence-electron chi connectivity index (χ1n) is 10.4. The van der Waals surface area contributed by atoms with Crippen molar-refractivity contribution in [3.8, 4) is 11.1 Å². The van der Waals surface area contributed by atoms with Crippen molar-refractivity contribution in [2.75, 3.05) is 11.9 Å². The lowest BCUT2D eigenvalue weighted by Gasteiger charge is -2.32. The van der Waals surface area contributed by atoms with Crippen LogP contribution in [0.1, 0.15) is 41.4 Å². The van der Waals surface area contributed by atoms with Crippen LogP contribution in [0.25, 0.3) is 22.1 Å². The third kappa shape index (κ3) is 2.68. The summed E-state index contributed by atoms with van der Waals surface area (Å²) in [6.07, 6.45) is 2.20. The lowest BCUT2D eigenvalue weighted by molar-refractivity contribution is 0.0455. The van der Waals surface area contributed by atoms with Crippen LogP contribution in [-0.4, -0.2) is 17.4 Å². The van der Waals surface area contributed by atoms with Crippen LogP contribution in [0, 0.1) is 0 Å². The first kappa shape index (κ1) is 18.6. The second-order valence-electron chi connectivity index (χ2n) is 7.75. The first-order valence-corrected chi connectivity index (χ1v) is 10.4. The van der Waals surface area contributed by atoms with Gasteiger partial charge in [-0.1, -0.05) is 67.9 Å². The minimum atomic E-state index is -1.78. The maximum absolute atomic E-state index is 13.6. The van der Waals surface area contributed by atoms with Crippen LogP contribution in [0.15, 0.2) is 77.2 Å². The normalized spacial score (nSPS) is 17.6. The van der Waals surface area contributed by atoms with Gasteiger partial charge in [-0.05, 0) is 29.7 Å². The zero-order valence-electron chi connectivity index (χ0n) is 16.8. The number of benzene rings is 3. The van der Waals surface area contributed by atoms with E-state index < -0.39 is 11.4 Å². The van der Waals surface area contributed by atoms with Crippen LogP contribution in [0.3, 0.4) is 0 Å². The predicted molar refractivity (Wildman–Crippen MR) is 119 cm³/mol. The Morgan fingerprint density at radius 2 is 1.77 bits per heavy atom. The van der Waals surface area contributed by atoms with Crippen molar-refractivity contribution in [2.24, 2.45) is 0 Å². The molecule has 1 aliphatic carbocycles. The Balaban J connectivity index is 1.71. The SMILES string of the molecule is CCCCNc1ccc2c3c(oc2c1)C(=O)C(O)(c1ccccc1)c1ccccc1-3. The van der Waals surface area contributed by atoms with Crippen LogP contribution < -0.4 is 5.32 Å². The summed E-state index contributed by atoms with van der Waals surface area (Å²) in [5.74, 6) is -0.222. The van der Waals surface area contributed by atoms with Crippen LogP contribution in [-0.2, 0) is 5.60 Å². The molecule has 0 saturated carbocycles. The Hall–Kier alpha value is -3.37. The Labute approximate surface area is 175 Å². The van der Waals surface area contributed by atoms with Crippen molar-refractivity contribution in [3.63, 3.8) is 0 Å². The van der Waals surface area contributed by atoms with E-state index >= 15 is 0 Å². The van der Waals surface area contributed by atoms with Gasteiger partial charge in [0.15, 0.2) is 11.4 Å². The first-order chi connectivity index (χ1) is 14.6. The highest BCUT2D eigenvalue weighted by atomic mass is 16.4. The molecule has 0 bridgehead atoms. The van der Waals surface area contributed by atoms with Gasteiger partial charge in [0.25, 0.3) is 0 Å². The van der Waals surface area contributed by atoms with Crippen molar-refractivity contribution in [2.45, 2.75) is 25.4 Å². The Morgan fingerprint density at radius 1 is 1.00 bits per heavy atom. The second kappa shape index (κ2) is 7.15. The third-order valence-corrected chi connectivity index (χ3v) is 5.86. The molecule has 0 spiro atoms. The smallest absolute Gasteiger partial charge is 0.239 e. The zero-order valence-corrected chi connectivity index (χ0v) is 16.8. The quantitative estimate of drug-likeness (QED) is 0.421. The molecule has 4 nitrogen and oxygen atoms in total. The van der Waals surface area contributed by atoms with Gasteiger partial charge in [-0.2, -0.15) is 0 Å². The number of unbranched alkanes of at least 4 members (excludes halogenated alkanes) is 1. The minimum Gasteiger partial charge on any atom is -0.452 e. The summed E-state index contributed by atoms with van der Waals surface area (Å²) in [6, 6.07) is 22.5. The molecule has 1 heterocycles. The van der Waals surface area contributed by atoms with Gasteiger partial charge in [0, 0.05) is 34.8 Å². The van der Waals surface area contributed by atoms with Crippen molar-refractivity contribution in [1.82, 2.24) is 0 Å². The molecule has 4 aromatic rings. The van der Waals surface area contributed by atoms with Gasteiger partial charge in [0.05, 0.1) is 0 Å². The van der Waals surface area contributed by atoms with E-state index in [2.05, 4.69) is 12.2 Å². The fraction of sp³-hybridized carbons (Fsp3) is 0.192. The maximum Gasteiger partial charge on any atom is 0.239 e. The Kier molecular flexibility index (Phi) is 4.44. The van der Waals surface area contributed by atoms with E-state index in [9.17, 15) is 9.90 Å². The monoisotopic (exact) mass is 397 g/mol. The number of Topliss-reactive ketones (excluding diaryl/α,β-unsaturated/α-hetero) is 1. The van der Waals surface area contributed by atoms with E-state index in [-0.39, 0.29) is 5.76 Å². The van der Waals surface area contributed by atoms with E-state index in [4.69, 9.17) is 4.42 Å². The zero-order chi connectivity index (χ0) is 20.7. The number of hydrogen-bond acceptors (Lipinski definition) is 4. The summed E-state index contributed by atoms with van der Waals surface area (Å²) in [6.45, 7) is 3.04. The van der Waals surface area contributed by atoms with E-state index in [1.165, 1.54) is 0 Å². The van der Waals surface area contributed by atoms with Crippen molar-refractivity contribution >= 4 is 22.4 Å². The summed E-state index contributed by atoms with van der Waals surface area (Å²) in [5.41, 5.74) is 2.52. The predicted octanol–water partition coefficient (Wildman–Crippen LogP) is 5.74. The van der Waals surface area contributed by atoms with Gasteiger partial charge in [-0.15, -0.1) is 0 Å². The fourth-order valence-electron chi connectivity index (χ4n) is 4.31. The minimum absolute atomic E-state index is 0.209. The van der Waals surface area contributed by atoms with Crippen LogP contribution >= 0.6 is 0 Å². The van der Waals surface area contributed by atoms with Gasteiger partial charge in [-0.25, -0.2) is 0 Å². The van der Waals surface area contributed by atoms with Crippen molar-refractivity contribution in [1.29, 1.82) is 0 Å². The molecule has 1 aliphatic rings. The Bertz CT molecular complexity index is 1240. The highest BCUT2D eigenvalue weighted by Crippen LogP contribution is 2.49. The standard InChI is InChI=1S/C26H23NO3/c1-2-3-15-27-18-13-14-20-22(16-18)30-24-23(20)19-11-7-8-12-21(19)26(29,25(24)28)17-9-5-4-6-10-17/h4-14,16,27,29H,2-3,15H2,1H3. The molecule has 150 valence electrons. The third-order valence-electron chi connectivity index (χ3n) is 5.86. The van der Waals surface area contributed by atoms with Gasteiger partial charge < -0.3 is 14.8 Å². The lowest BCUT2D eigenvalue weighted by atomic mass is 9.73. The number of carbonyl (C=O) groups excluding carboxylic acids is 1.